The molecular weight excluding hydrogens is 208 g/mol. The summed E-state index contributed by atoms with van der Waals surface area (Å²) < 4.78 is 5.73. The topological polar surface area (TPSA) is 38.5 Å². The Labute approximate surface area is 97.7 Å². The molecule has 3 unspecified atom stereocenters. The van der Waals surface area contributed by atoms with Gasteiger partial charge >= 0.3 is 0 Å². The zero-order chi connectivity index (χ0) is 11.3. The van der Waals surface area contributed by atoms with Crippen LogP contribution in [0.3, 0.4) is 0 Å². The molecule has 1 heterocycles. The highest BCUT2D eigenvalue weighted by atomic mass is 32.2. The Kier molecular flexibility index (Phi) is 5.97. The first-order chi connectivity index (χ1) is 7.20. The van der Waals surface area contributed by atoms with Gasteiger partial charge in [0.15, 0.2) is 0 Å². The van der Waals surface area contributed by atoms with E-state index in [0.29, 0.717) is 24.7 Å². The molecule has 0 aromatic heterocycles. The molecule has 0 saturated carbocycles. The molecule has 1 aliphatic heterocycles. The Morgan fingerprint density at radius 2 is 2.33 bits per heavy atom. The van der Waals surface area contributed by atoms with Crippen molar-refractivity contribution in [2.45, 2.75) is 38.0 Å². The third-order valence-corrected chi connectivity index (χ3v) is 4.08. The minimum atomic E-state index is 0.351. The van der Waals surface area contributed by atoms with Gasteiger partial charge in [0, 0.05) is 31.0 Å². The van der Waals surface area contributed by atoms with Gasteiger partial charge in [-0.05, 0) is 33.1 Å². The predicted molar refractivity (Wildman–Crippen MR) is 67.4 cm³/mol. The van der Waals surface area contributed by atoms with Crippen molar-refractivity contribution in [3.05, 3.63) is 0 Å². The molecule has 4 heteroatoms. The van der Waals surface area contributed by atoms with E-state index in [-0.39, 0.29) is 0 Å². The molecule has 2 N–H and O–H groups in total. The van der Waals surface area contributed by atoms with E-state index in [1.165, 1.54) is 6.42 Å². The van der Waals surface area contributed by atoms with Crippen molar-refractivity contribution in [3.63, 3.8) is 0 Å². The van der Waals surface area contributed by atoms with Gasteiger partial charge in [-0.15, -0.1) is 0 Å². The normalized spacial score (nSPS) is 25.8. The number of ether oxygens (including phenoxy) is 1. The highest BCUT2D eigenvalue weighted by molar-refractivity contribution is 7.98. The first-order valence-corrected chi connectivity index (χ1v) is 7.12. The summed E-state index contributed by atoms with van der Waals surface area (Å²) in [5.74, 6) is 1.15. The van der Waals surface area contributed by atoms with Gasteiger partial charge < -0.3 is 10.5 Å². The van der Waals surface area contributed by atoms with Crippen molar-refractivity contribution in [3.8, 4) is 0 Å². The zero-order valence-corrected chi connectivity index (χ0v) is 10.9. The van der Waals surface area contributed by atoms with Crippen molar-refractivity contribution >= 4 is 11.8 Å². The van der Waals surface area contributed by atoms with Crippen LogP contribution in [0.5, 0.6) is 0 Å². The molecule has 3 nitrogen and oxygen atoms in total. The maximum Gasteiger partial charge on any atom is 0.0743 e. The van der Waals surface area contributed by atoms with Crippen LogP contribution in [-0.4, -0.2) is 55.3 Å². The molecule has 15 heavy (non-hydrogen) atoms. The van der Waals surface area contributed by atoms with Crippen LogP contribution in [0.15, 0.2) is 0 Å². The van der Waals surface area contributed by atoms with E-state index in [1.54, 1.807) is 0 Å². The summed E-state index contributed by atoms with van der Waals surface area (Å²) in [7, 11) is 2.17. The van der Waals surface area contributed by atoms with E-state index >= 15 is 0 Å². The van der Waals surface area contributed by atoms with Crippen LogP contribution in [0, 0.1) is 0 Å². The van der Waals surface area contributed by atoms with Crippen LogP contribution >= 0.6 is 11.8 Å². The number of rotatable bonds is 6. The van der Waals surface area contributed by atoms with Gasteiger partial charge in [-0.1, -0.05) is 0 Å². The van der Waals surface area contributed by atoms with E-state index in [9.17, 15) is 0 Å². The van der Waals surface area contributed by atoms with Crippen molar-refractivity contribution < 1.29 is 4.74 Å². The molecule has 0 bridgehead atoms. The summed E-state index contributed by atoms with van der Waals surface area (Å²) >= 11 is 1.89. The van der Waals surface area contributed by atoms with Gasteiger partial charge in [-0.3, -0.25) is 4.90 Å². The number of nitrogens with zero attached hydrogens (tertiary/aromatic N) is 1. The zero-order valence-electron chi connectivity index (χ0n) is 10.1. The molecule has 1 aliphatic rings. The highest BCUT2D eigenvalue weighted by Crippen LogP contribution is 2.20. The summed E-state index contributed by atoms with van der Waals surface area (Å²) in [6.07, 6.45) is 4.85. The number of nitrogens with two attached hydrogens (primary N) is 1. The number of hydrogen-bond acceptors (Lipinski definition) is 4. The first-order valence-electron chi connectivity index (χ1n) is 5.73. The second-order valence-corrected chi connectivity index (χ2v) is 5.24. The van der Waals surface area contributed by atoms with Gasteiger partial charge in [0.1, 0.15) is 0 Å². The predicted octanol–water partition coefficient (Wildman–Crippen LogP) is 1.18. The number of thioether (sulfide) groups is 1. The van der Waals surface area contributed by atoms with Crippen LogP contribution in [0.25, 0.3) is 0 Å². The second-order valence-electron chi connectivity index (χ2n) is 4.32. The summed E-state index contributed by atoms with van der Waals surface area (Å²) in [4.78, 5) is 2.38. The smallest absolute Gasteiger partial charge is 0.0743 e. The average molecular weight is 232 g/mol. The molecule has 1 saturated heterocycles. The molecule has 0 aromatic carbocycles. The lowest BCUT2D eigenvalue weighted by molar-refractivity contribution is 0.0273. The minimum Gasteiger partial charge on any atom is -0.377 e. The maximum atomic E-state index is 5.86. The van der Waals surface area contributed by atoms with Crippen LogP contribution in [0.2, 0.25) is 0 Å². The Morgan fingerprint density at radius 3 is 2.80 bits per heavy atom. The summed E-state index contributed by atoms with van der Waals surface area (Å²) in [6, 6.07) is 0.951. The lowest BCUT2D eigenvalue weighted by Crippen LogP contribution is -2.50. The largest absolute Gasteiger partial charge is 0.377 e. The first kappa shape index (κ1) is 13.3. The lowest BCUT2D eigenvalue weighted by Gasteiger charge is -2.35. The maximum absolute atomic E-state index is 5.86. The number of likely N-dealkylation sites (N-methyl/N-ethyl adjacent to an activating group) is 1. The molecule has 0 spiro atoms. The van der Waals surface area contributed by atoms with E-state index in [4.69, 9.17) is 10.5 Å². The average Bonchev–Trinajstić information content (AvgIpc) is 2.72. The SMILES string of the molecule is CSCC(C)N(C)C(CN)C1CCCO1. The van der Waals surface area contributed by atoms with Gasteiger partial charge in [-0.2, -0.15) is 11.8 Å². The molecule has 0 radical (unpaired) electrons. The highest BCUT2D eigenvalue weighted by Gasteiger charge is 2.29. The molecule has 0 amide bonds. The van der Waals surface area contributed by atoms with Crippen LogP contribution in [-0.2, 0) is 4.74 Å². The number of hydrogen-bond donors (Lipinski definition) is 1. The summed E-state index contributed by atoms with van der Waals surface area (Å²) in [5.41, 5.74) is 5.86. The van der Waals surface area contributed by atoms with E-state index in [1.807, 2.05) is 11.8 Å². The summed E-state index contributed by atoms with van der Waals surface area (Å²) in [6.45, 7) is 3.86. The third kappa shape index (κ3) is 3.63. The van der Waals surface area contributed by atoms with Crippen LogP contribution in [0.1, 0.15) is 19.8 Å². The quantitative estimate of drug-likeness (QED) is 0.746. The van der Waals surface area contributed by atoms with Crippen LogP contribution < -0.4 is 5.73 Å². The molecule has 0 aromatic rings. The molecule has 1 rings (SSSR count). The fourth-order valence-corrected chi connectivity index (χ4v) is 2.89. The Hall–Kier alpha value is 0.230. The van der Waals surface area contributed by atoms with Gasteiger partial charge in [0.05, 0.1) is 6.10 Å². The van der Waals surface area contributed by atoms with Gasteiger partial charge in [-0.25, -0.2) is 0 Å². The van der Waals surface area contributed by atoms with Crippen molar-refractivity contribution in [2.24, 2.45) is 5.73 Å². The van der Waals surface area contributed by atoms with Crippen LogP contribution in [0.4, 0.5) is 0 Å². The van der Waals surface area contributed by atoms with E-state index < -0.39 is 0 Å². The van der Waals surface area contributed by atoms with Crippen molar-refractivity contribution in [2.75, 3.05) is 32.2 Å². The molecule has 0 aliphatic carbocycles. The molecular formula is C11H24N2OS. The Bertz CT molecular complexity index is 174. The van der Waals surface area contributed by atoms with Crippen molar-refractivity contribution in [1.29, 1.82) is 0 Å². The minimum absolute atomic E-state index is 0.351. The standard InChI is InChI=1S/C11H24N2OS/c1-9(8-15-3)13(2)10(7-12)11-5-4-6-14-11/h9-11H,4-8,12H2,1-3H3. The van der Waals surface area contributed by atoms with Gasteiger partial charge in [0.2, 0.25) is 0 Å². The van der Waals surface area contributed by atoms with Gasteiger partial charge in [0.25, 0.3) is 0 Å². The van der Waals surface area contributed by atoms with Crippen molar-refractivity contribution in [1.82, 2.24) is 4.90 Å². The molecule has 90 valence electrons. The van der Waals surface area contributed by atoms with E-state index in [0.717, 1.165) is 18.8 Å². The fourth-order valence-electron chi connectivity index (χ4n) is 2.17. The molecule has 1 fully saturated rings. The fraction of sp³-hybridized carbons (Fsp3) is 1.00. The molecule has 3 atom stereocenters. The third-order valence-electron chi connectivity index (χ3n) is 3.26. The lowest BCUT2D eigenvalue weighted by atomic mass is 10.1. The summed E-state index contributed by atoms with van der Waals surface area (Å²) in [5, 5.41) is 0. The monoisotopic (exact) mass is 232 g/mol. The Morgan fingerprint density at radius 1 is 1.60 bits per heavy atom. The Balaban J connectivity index is 2.48. The van der Waals surface area contributed by atoms with E-state index in [2.05, 4.69) is 25.1 Å². The second kappa shape index (κ2) is 6.74.